The van der Waals surface area contributed by atoms with Crippen LogP contribution >= 0.6 is 15.9 Å². The number of anilines is 1. The maximum absolute atomic E-state index is 13.2. The molecule has 0 radical (unpaired) electrons. The van der Waals surface area contributed by atoms with Crippen LogP contribution in [0.4, 0.5) is 10.1 Å². The van der Waals surface area contributed by atoms with Gasteiger partial charge in [-0.15, -0.1) is 0 Å². The van der Waals surface area contributed by atoms with Crippen LogP contribution in [0.1, 0.15) is 10.4 Å². The smallest absolute Gasteiger partial charge is 0.256 e. The van der Waals surface area contributed by atoms with E-state index < -0.39 is 5.82 Å². The minimum Gasteiger partial charge on any atom is -0.322 e. The highest BCUT2D eigenvalue weighted by Crippen LogP contribution is 2.20. The lowest BCUT2D eigenvalue weighted by molar-refractivity contribution is 0.102. The molecule has 1 aromatic heterocycles. The second-order valence-electron chi connectivity index (χ2n) is 4.47. The first-order valence-electron chi connectivity index (χ1n) is 6.35. The number of halogens is 2. The molecule has 1 heterocycles. The van der Waals surface area contributed by atoms with Gasteiger partial charge >= 0.3 is 0 Å². The fraction of sp³-hybridized carbons (Fsp3) is 0. The van der Waals surface area contributed by atoms with E-state index in [1.165, 1.54) is 24.5 Å². The van der Waals surface area contributed by atoms with Crippen molar-refractivity contribution in [2.75, 3.05) is 5.32 Å². The highest BCUT2D eigenvalue weighted by Gasteiger charge is 2.11. The highest BCUT2D eigenvalue weighted by atomic mass is 79.9. The van der Waals surface area contributed by atoms with E-state index in [-0.39, 0.29) is 11.5 Å². The van der Waals surface area contributed by atoms with Gasteiger partial charge < -0.3 is 5.32 Å². The predicted octanol–water partition coefficient (Wildman–Crippen LogP) is 3.42. The number of rotatable bonds is 3. The van der Waals surface area contributed by atoms with E-state index in [9.17, 15) is 9.18 Å². The normalized spacial score (nSPS) is 10.5. The molecular formula is C15H10BrFN4O. The van der Waals surface area contributed by atoms with Gasteiger partial charge in [-0.1, -0.05) is 0 Å². The summed E-state index contributed by atoms with van der Waals surface area (Å²) < 4.78 is 15.4. The molecule has 0 spiro atoms. The van der Waals surface area contributed by atoms with Crippen LogP contribution in [0.5, 0.6) is 0 Å². The fourth-order valence-corrected chi connectivity index (χ4v) is 2.34. The van der Waals surface area contributed by atoms with Crippen molar-refractivity contribution in [2.24, 2.45) is 0 Å². The number of benzene rings is 2. The molecule has 0 saturated heterocycles. The minimum absolute atomic E-state index is 0.236. The highest BCUT2D eigenvalue weighted by molar-refractivity contribution is 9.10. The van der Waals surface area contributed by atoms with Gasteiger partial charge in [0.15, 0.2) is 0 Å². The number of amides is 1. The number of carbonyl (C=O) groups is 1. The predicted molar refractivity (Wildman–Crippen MR) is 83.4 cm³/mol. The first-order chi connectivity index (χ1) is 10.6. The standard InChI is InChI=1S/C15H10BrFN4O/c16-14-6-1-10(17)7-13(14)15(22)20-11-2-4-12(5-3-11)21-9-18-8-19-21/h1-9H,(H,20,22). The second-order valence-corrected chi connectivity index (χ2v) is 5.32. The molecule has 0 saturated carbocycles. The Bertz CT molecular complexity index is 803. The van der Waals surface area contributed by atoms with Gasteiger partial charge in [0.25, 0.3) is 5.91 Å². The molecule has 110 valence electrons. The first-order valence-corrected chi connectivity index (χ1v) is 7.14. The molecule has 0 fully saturated rings. The molecule has 1 N–H and O–H groups in total. The van der Waals surface area contributed by atoms with E-state index in [2.05, 4.69) is 31.3 Å². The lowest BCUT2D eigenvalue weighted by Crippen LogP contribution is -2.13. The molecule has 3 rings (SSSR count). The van der Waals surface area contributed by atoms with E-state index in [4.69, 9.17) is 0 Å². The Morgan fingerprint density at radius 3 is 2.64 bits per heavy atom. The van der Waals surface area contributed by atoms with Gasteiger partial charge in [-0.2, -0.15) is 5.10 Å². The van der Waals surface area contributed by atoms with Crippen molar-refractivity contribution >= 4 is 27.5 Å². The third-order valence-electron chi connectivity index (χ3n) is 2.98. The summed E-state index contributed by atoms with van der Waals surface area (Å²) in [5.74, 6) is -0.852. The maximum Gasteiger partial charge on any atom is 0.256 e. The largest absolute Gasteiger partial charge is 0.322 e. The molecule has 0 aliphatic heterocycles. The average molecular weight is 361 g/mol. The molecule has 0 unspecified atom stereocenters. The van der Waals surface area contributed by atoms with Crippen molar-refractivity contribution in [3.63, 3.8) is 0 Å². The molecule has 7 heteroatoms. The van der Waals surface area contributed by atoms with Crippen molar-refractivity contribution in [2.45, 2.75) is 0 Å². The molecule has 2 aromatic carbocycles. The molecule has 0 aliphatic rings. The van der Waals surface area contributed by atoms with Crippen LogP contribution in [0, 0.1) is 5.82 Å². The Hall–Kier alpha value is -2.54. The quantitative estimate of drug-likeness (QED) is 0.778. The van der Waals surface area contributed by atoms with Gasteiger partial charge in [0.2, 0.25) is 0 Å². The van der Waals surface area contributed by atoms with Crippen LogP contribution in [0.2, 0.25) is 0 Å². The van der Waals surface area contributed by atoms with Crippen molar-refractivity contribution in [1.82, 2.24) is 14.8 Å². The Kier molecular flexibility index (Phi) is 3.97. The molecule has 0 aliphatic carbocycles. The molecule has 5 nitrogen and oxygen atoms in total. The van der Waals surface area contributed by atoms with Crippen LogP contribution in [0.25, 0.3) is 5.69 Å². The van der Waals surface area contributed by atoms with Gasteiger partial charge in [0, 0.05) is 10.2 Å². The molecular weight excluding hydrogens is 351 g/mol. The van der Waals surface area contributed by atoms with Crippen LogP contribution in [-0.4, -0.2) is 20.7 Å². The molecule has 3 aromatic rings. The maximum atomic E-state index is 13.2. The monoisotopic (exact) mass is 360 g/mol. The van der Waals surface area contributed by atoms with Crippen LogP contribution in [0.15, 0.2) is 59.6 Å². The SMILES string of the molecule is O=C(Nc1ccc(-n2cncn2)cc1)c1cc(F)ccc1Br. The van der Waals surface area contributed by atoms with Gasteiger partial charge in [0.05, 0.1) is 11.3 Å². The van der Waals surface area contributed by atoms with Crippen molar-refractivity contribution in [3.8, 4) is 5.69 Å². The van der Waals surface area contributed by atoms with Crippen molar-refractivity contribution < 1.29 is 9.18 Å². The number of nitrogens with one attached hydrogen (secondary N) is 1. The number of carbonyl (C=O) groups excluding carboxylic acids is 1. The second kappa shape index (κ2) is 6.07. The van der Waals surface area contributed by atoms with Crippen LogP contribution < -0.4 is 5.32 Å². The molecule has 0 bridgehead atoms. The van der Waals surface area contributed by atoms with Crippen LogP contribution in [0.3, 0.4) is 0 Å². The topological polar surface area (TPSA) is 59.8 Å². The number of hydrogen-bond acceptors (Lipinski definition) is 3. The Morgan fingerprint density at radius 1 is 1.18 bits per heavy atom. The molecule has 22 heavy (non-hydrogen) atoms. The lowest BCUT2D eigenvalue weighted by Gasteiger charge is -2.08. The summed E-state index contributed by atoms with van der Waals surface area (Å²) in [6, 6.07) is 11.0. The van der Waals surface area contributed by atoms with Crippen LogP contribution in [-0.2, 0) is 0 Å². The Labute approximate surface area is 133 Å². The lowest BCUT2D eigenvalue weighted by atomic mass is 10.2. The van der Waals surface area contributed by atoms with Gasteiger partial charge in [0.1, 0.15) is 18.5 Å². The van der Waals surface area contributed by atoms with Gasteiger partial charge in [-0.05, 0) is 58.4 Å². The minimum atomic E-state index is -0.463. The molecule has 0 atom stereocenters. The van der Waals surface area contributed by atoms with Crippen molar-refractivity contribution in [1.29, 1.82) is 0 Å². The Morgan fingerprint density at radius 2 is 1.95 bits per heavy atom. The Balaban J connectivity index is 1.78. The van der Waals surface area contributed by atoms with Crippen molar-refractivity contribution in [3.05, 3.63) is 71.0 Å². The summed E-state index contributed by atoms with van der Waals surface area (Å²) in [5, 5.41) is 6.73. The van der Waals surface area contributed by atoms with E-state index in [0.717, 1.165) is 5.69 Å². The van der Waals surface area contributed by atoms with E-state index in [0.29, 0.717) is 10.2 Å². The van der Waals surface area contributed by atoms with Gasteiger partial charge in [-0.25, -0.2) is 14.1 Å². The zero-order valence-corrected chi connectivity index (χ0v) is 12.8. The number of nitrogens with zero attached hydrogens (tertiary/aromatic N) is 3. The number of aromatic nitrogens is 3. The number of hydrogen-bond donors (Lipinski definition) is 1. The molecule has 1 amide bonds. The average Bonchev–Trinajstić information content (AvgIpc) is 3.05. The summed E-state index contributed by atoms with van der Waals surface area (Å²) in [7, 11) is 0. The summed E-state index contributed by atoms with van der Waals surface area (Å²) in [5.41, 5.74) is 1.66. The summed E-state index contributed by atoms with van der Waals surface area (Å²) in [6.07, 6.45) is 3.02. The zero-order chi connectivity index (χ0) is 15.5. The van der Waals surface area contributed by atoms with E-state index in [1.54, 1.807) is 35.3 Å². The van der Waals surface area contributed by atoms with Gasteiger partial charge in [-0.3, -0.25) is 4.79 Å². The van der Waals surface area contributed by atoms with E-state index >= 15 is 0 Å². The summed E-state index contributed by atoms with van der Waals surface area (Å²) in [6.45, 7) is 0. The van der Waals surface area contributed by atoms with E-state index in [1.807, 2.05) is 0 Å². The third kappa shape index (κ3) is 3.04. The summed E-state index contributed by atoms with van der Waals surface area (Å²) >= 11 is 3.24. The zero-order valence-electron chi connectivity index (χ0n) is 11.2. The summed E-state index contributed by atoms with van der Waals surface area (Å²) in [4.78, 5) is 16.0. The fourth-order valence-electron chi connectivity index (χ4n) is 1.91. The third-order valence-corrected chi connectivity index (χ3v) is 3.67. The first kappa shape index (κ1) is 14.4.